The highest BCUT2D eigenvalue weighted by Gasteiger charge is 2.13. The number of amides is 2. The molecule has 3 N–H and O–H groups in total. The van der Waals surface area contributed by atoms with Gasteiger partial charge in [0.25, 0.3) is 5.91 Å². The smallest absolute Gasteiger partial charge is 0.255 e. The molecule has 7 heteroatoms. The molecule has 1 heterocycles. The summed E-state index contributed by atoms with van der Waals surface area (Å²) in [6.07, 6.45) is 2.93. The summed E-state index contributed by atoms with van der Waals surface area (Å²) in [5.41, 5.74) is 10.8. The molecule has 0 fully saturated rings. The van der Waals surface area contributed by atoms with Crippen LogP contribution in [0.5, 0.6) is 0 Å². The van der Waals surface area contributed by atoms with E-state index in [1.807, 2.05) is 18.2 Å². The van der Waals surface area contributed by atoms with Crippen LogP contribution in [0.4, 0.5) is 5.69 Å². The molecule has 4 aromatic rings. The maximum Gasteiger partial charge on any atom is 0.255 e. The maximum atomic E-state index is 13.1. The molecule has 5 nitrogen and oxygen atoms in total. The van der Waals surface area contributed by atoms with Gasteiger partial charge < -0.3 is 11.1 Å². The molecule has 1 aromatic heterocycles. The molecule has 0 aliphatic heterocycles. The Kier molecular flexibility index (Phi) is 8.41. The SMILES string of the molecule is CCc1cccc(SCc2cccc(C(=O)Nc3ccc(Cl)cc3Cc3cc(C(N)=O)ccn3)c2)c1. The van der Waals surface area contributed by atoms with Crippen LogP contribution in [0.2, 0.25) is 5.02 Å². The Balaban J connectivity index is 1.48. The number of anilines is 1. The number of nitrogens with two attached hydrogens (primary N) is 1. The Morgan fingerprint density at radius 2 is 1.75 bits per heavy atom. The number of rotatable bonds is 9. The van der Waals surface area contributed by atoms with Crippen LogP contribution in [0.25, 0.3) is 0 Å². The number of hydrogen-bond donors (Lipinski definition) is 2. The summed E-state index contributed by atoms with van der Waals surface area (Å²) in [5, 5.41) is 3.55. The average molecular weight is 516 g/mol. The van der Waals surface area contributed by atoms with E-state index in [1.54, 1.807) is 54.4 Å². The van der Waals surface area contributed by atoms with Gasteiger partial charge in [0, 0.05) is 50.8 Å². The molecule has 182 valence electrons. The Morgan fingerprint density at radius 1 is 0.944 bits per heavy atom. The predicted molar refractivity (Wildman–Crippen MR) is 147 cm³/mol. The van der Waals surface area contributed by atoms with Gasteiger partial charge in [-0.2, -0.15) is 0 Å². The topological polar surface area (TPSA) is 85.1 Å². The Labute approximate surface area is 220 Å². The third-order valence-corrected chi connectivity index (χ3v) is 6.99. The van der Waals surface area contributed by atoms with E-state index in [2.05, 4.69) is 41.5 Å². The first-order chi connectivity index (χ1) is 17.4. The molecule has 36 heavy (non-hydrogen) atoms. The molecule has 4 rings (SSSR count). The van der Waals surface area contributed by atoms with E-state index in [1.165, 1.54) is 10.5 Å². The zero-order chi connectivity index (χ0) is 25.5. The van der Waals surface area contributed by atoms with Gasteiger partial charge in [0.2, 0.25) is 5.91 Å². The van der Waals surface area contributed by atoms with Crippen LogP contribution in [0.3, 0.4) is 0 Å². The maximum absolute atomic E-state index is 13.1. The lowest BCUT2D eigenvalue weighted by Crippen LogP contribution is -2.14. The average Bonchev–Trinajstić information content (AvgIpc) is 2.89. The number of pyridine rings is 1. The first-order valence-electron chi connectivity index (χ1n) is 11.6. The van der Waals surface area contributed by atoms with E-state index in [0.29, 0.717) is 34.0 Å². The van der Waals surface area contributed by atoms with Crippen LogP contribution in [-0.2, 0) is 18.6 Å². The summed E-state index contributed by atoms with van der Waals surface area (Å²) in [4.78, 5) is 30.2. The van der Waals surface area contributed by atoms with Crippen molar-refractivity contribution in [1.82, 2.24) is 4.98 Å². The van der Waals surface area contributed by atoms with E-state index in [9.17, 15) is 9.59 Å². The van der Waals surface area contributed by atoms with Gasteiger partial charge in [-0.25, -0.2) is 0 Å². The molecule has 0 saturated carbocycles. The number of thioether (sulfide) groups is 1. The van der Waals surface area contributed by atoms with Crippen molar-refractivity contribution in [2.24, 2.45) is 5.73 Å². The normalized spacial score (nSPS) is 10.7. The molecule has 0 spiro atoms. The number of aromatic nitrogens is 1. The van der Waals surface area contributed by atoms with Gasteiger partial charge in [-0.1, -0.05) is 42.8 Å². The second-order valence-electron chi connectivity index (χ2n) is 8.32. The van der Waals surface area contributed by atoms with Crippen molar-refractivity contribution < 1.29 is 9.59 Å². The minimum absolute atomic E-state index is 0.211. The summed E-state index contributed by atoms with van der Waals surface area (Å²) in [6.45, 7) is 2.15. The zero-order valence-electron chi connectivity index (χ0n) is 19.8. The van der Waals surface area contributed by atoms with Crippen LogP contribution in [0.15, 0.2) is 90.0 Å². The molecule has 0 aliphatic rings. The van der Waals surface area contributed by atoms with Crippen molar-refractivity contribution in [2.45, 2.75) is 30.4 Å². The fourth-order valence-electron chi connectivity index (χ4n) is 3.77. The molecular weight excluding hydrogens is 490 g/mol. The third-order valence-electron chi connectivity index (χ3n) is 5.69. The van der Waals surface area contributed by atoms with Crippen LogP contribution < -0.4 is 11.1 Å². The second kappa shape index (κ2) is 11.9. The van der Waals surface area contributed by atoms with Gasteiger partial charge in [0.05, 0.1) is 0 Å². The molecule has 0 unspecified atom stereocenters. The van der Waals surface area contributed by atoms with Gasteiger partial charge in [-0.05, 0) is 77.7 Å². The predicted octanol–water partition coefficient (Wildman–Crippen LogP) is 6.53. The first-order valence-corrected chi connectivity index (χ1v) is 12.9. The number of nitrogens with one attached hydrogen (secondary N) is 1. The lowest BCUT2D eigenvalue weighted by molar-refractivity contribution is 0.0997. The summed E-state index contributed by atoms with van der Waals surface area (Å²) >= 11 is 7.98. The fourth-order valence-corrected chi connectivity index (χ4v) is 4.89. The summed E-state index contributed by atoms with van der Waals surface area (Å²) < 4.78 is 0. The summed E-state index contributed by atoms with van der Waals surface area (Å²) in [7, 11) is 0. The first kappa shape index (κ1) is 25.5. The van der Waals surface area contributed by atoms with Crippen LogP contribution in [-0.4, -0.2) is 16.8 Å². The molecule has 0 bridgehead atoms. The molecule has 3 aromatic carbocycles. The number of carbonyl (C=O) groups excluding carboxylic acids is 2. The number of carbonyl (C=O) groups is 2. The lowest BCUT2D eigenvalue weighted by Gasteiger charge is -2.13. The third kappa shape index (κ3) is 6.74. The minimum atomic E-state index is -0.519. The standard InChI is InChI=1S/C29H26ClN3O2S/c1-2-19-5-4-8-26(14-19)36-18-20-6-3-7-22(13-20)29(35)33-27-10-9-24(30)15-23(27)17-25-16-21(28(31)34)11-12-32-25/h3-16H,2,17-18H2,1H3,(H2,31,34)(H,33,35). The Bertz CT molecular complexity index is 1410. The lowest BCUT2D eigenvalue weighted by atomic mass is 10.0. The zero-order valence-corrected chi connectivity index (χ0v) is 21.4. The number of nitrogens with zero attached hydrogens (tertiary/aromatic N) is 1. The van der Waals surface area contributed by atoms with Crippen LogP contribution in [0.1, 0.15) is 50.0 Å². The van der Waals surface area contributed by atoms with Crippen molar-refractivity contribution in [3.63, 3.8) is 0 Å². The number of aryl methyl sites for hydroxylation is 1. The summed E-state index contributed by atoms with van der Waals surface area (Å²) in [5.74, 6) is 0.0363. The van der Waals surface area contributed by atoms with Gasteiger partial charge in [-0.3, -0.25) is 14.6 Å². The number of hydrogen-bond acceptors (Lipinski definition) is 4. The summed E-state index contributed by atoms with van der Waals surface area (Å²) in [6, 6.07) is 24.7. The van der Waals surface area contributed by atoms with E-state index in [0.717, 1.165) is 23.3 Å². The van der Waals surface area contributed by atoms with E-state index < -0.39 is 5.91 Å². The van der Waals surface area contributed by atoms with Gasteiger partial charge in [-0.15, -0.1) is 11.8 Å². The van der Waals surface area contributed by atoms with Gasteiger partial charge >= 0.3 is 0 Å². The highest BCUT2D eigenvalue weighted by Crippen LogP contribution is 2.26. The molecule has 0 radical (unpaired) electrons. The van der Waals surface area contributed by atoms with Crippen molar-refractivity contribution in [2.75, 3.05) is 5.32 Å². The number of halogens is 1. The molecule has 0 aliphatic carbocycles. The van der Waals surface area contributed by atoms with E-state index in [-0.39, 0.29) is 5.91 Å². The highest BCUT2D eigenvalue weighted by atomic mass is 35.5. The van der Waals surface area contributed by atoms with Gasteiger partial charge in [0.15, 0.2) is 0 Å². The minimum Gasteiger partial charge on any atom is -0.366 e. The van der Waals surface area contributed by atoms with Crippen molar-refractivity contribution in [3.8, 4) is 0 Å². The number of benzene rings is 3. The van der Waals surface area contributed by atoms with Crippen molar-refractivity contribution in [1.29, 1.82) is 0 Å². The van der Waals surface area contributed by atoms with Crippen LogP contribution in [0, 0.1) is 0 Å². The Morgan fingerprint density at radius 3 is 2.56 bits per heavy atom. The monoisotopic (exact) mass is 515 g/mol. The Hall–Kier alpha value is -3.61. The van der Waals surface area contributed by atoms with Gasteiger partial charge in [0.1, 0.15) is 0 Å². The van der Waals surface area contributed by atoms with E-state index in [4.69, 9.17) is 17.3 Å². The molecule has 0 atom stereocenters. The second-order valence-corrected chi connectivity index (χ2v) is 9.81. The fraction of sp³-hybridized carbons (Fsp3) is 0.138. The highest BCUT2D eigenvalue weighted by molar-refractivity contribution is 7.98. The van der Waals surface area contributed by atoms with Crippen molar-refractivity contribution >= 4 is 40.9 Å². The molecule has 0 saturated heterocycles. The quantitative estimate of drug-likeness (QED) is 0.248. The van der Waals surface area contributed by atoms with Crippen molar-refractivity contribution in [3.05, 3.63) is 124 Å². The van der Waals surface area contributed by atoms with Crippen LogP contribution >= 0.6 is 23.4 Å². The number of primary amides is 1. The largest absolute Gasteiger partial charge is 0.366 e. The molecular formula is C29H26ClN3O2S. The van der Waals surface area contributed by atoms with E-state index >= 15 is 0 Å². The molecule has 2 amide bonds.